The zero-order valence-electron chi connectivity index (χ0n) is 11.4. The Kier molecular flexibility index (Phi) is 4.43. The Morgan fingerprint density at radius 2 is 1.95 bits per heavy atom. The van der Waals surface area contributed by atoms with Crippen molar-refractivity contribution in [1.29, 1.82) is 0 Å². The van der Waals surface area contributed by atoms with Gasteiger partial charge in [-0.2, -0.15) is 0 Å². The average Bonchev–Trinajstić information content (AvgIpc) is 2.41. The quantitative estimate of drug-likeness (QED) is 0.874. The molecule has 3 N–H and O–H groups in total. The standard InChI is InChI=1S/C15H22N2O2/c1-17(10-12-4-2-3-5-14(12)18)15(19)11-6-8-13(16)9-7-11/h2-5,11,13,18H,6-10,16H2,1H3. The maximum Gasteiger partial charge on any atom is 0.225 e. The van der Waals surface area contributed by atoms with E-state index in [1.165, 1.54) is 0 Å². The highest BCUT2D eigenvalue weighted by atomic mass is 16.3. The number of nitrogens with zero attached hydrogens (tertiary/aromatic N) is 1. The number of rotatable bonds is 3. The fraction of sp³-hybridized carbons (Fsp3) is 0.533. The Morgan fingerprint density at radius 3 is 2.58 bits per heavy atom. The van der Waals surface area contributed by atoms with Gasteiger partial charge in [0, 0.05) is 31.1 Å². The molecule has 0 aliphatic heterocycles. The molecule has 0 radical (unpaired) electrons. The number of nitrogens with two attached hydrogens (primary N) is 1. The van der Waals surface area contributed by atoms with Gasteiger partial charge in [0.1, 0.15) is 5.75 Å². The molecule has 4 heteroatoms. The summed E-state index contributed by atoms with van der Waals surface area (Å²) < 4.78 is 0. The van der Waals surface area contributed by atoms with Crippen molar-refractivity contribution < 1.29 is 9.90 Å². The van der Waals surface area contributed by atoms with E-state index in [0.717, 1.165) is 31.2 Å². The molecule has 1 aromatic carbocycles. The number of benzene rings is 1. The molecule has 0 atom stereocenters. The third-order valence-corrected chi connectivity index (χ3v) is 3.90. The van der Waals surface area contributed by atoms with Gasteiger partial charge in [0.15, 0.2) is 0 Å². The summed E-state index contributed by atoms with van der Waals surface area (Å²) in [5, 5.41) is 9.73. The minimum Gasteiger partial charge on any atom is -0.508 e. The second-order valence-corrected chi connectivity index (χ2v) is 5.43. The predicted molar refractivity (Wildman–Crippen MR) is 74.5 cm³/mol. The summed E-state index contributed by atoms with van der Waals surface area (Å²) in [6.07, 6.45) is 3.62. The first kappa shape index (κ1) is 13.9. The molecule has 4 nitrogen and oxygen atoms in total. The van der Waals surface area contributed by atoms with Gasteiger partial charge in [0.2, 0.25) is 5.91 Å². The molecule has 1 aromatic rings. The fourth-order valence-electron chi connectivity index (χ4n) is 2.66. The van der Waals surface area contributed by atoms with Crippen LogP contribution in [-0.4, -0.2) is 29.0 Å². The van der Waals surface area contributed by atoms with Crippen molar-refractivity contribution in [3.8, 4) is 5.75 Å². The third-order valence-electron chi connectivity index (χ3n) is 3.90. The molecule has 1 amide bonds. The molecule has 104 valence electrons. The molecule has 0 bridgehead atoms. The Labute approximate surface area is 114 Å². The van der Waals surface area contributed by atoms with Crippen molar-refractivity contribution in [2.75, 3.05) is 7.05 Å². The maximum absolute atomic E-state index is 12.3. The molecule has 0 aromatic heterocycles. The second kappa shape index (κ2) is 6.06. The van der Waals surface area contributed by atoms with Crippen molar-refractivity contribution in [3.05, 3.63) is 29.8 Å². The average molecular weight is 262 g/mol. The molecule has 1 aliphatic rings. The predicted octanol–water partition coefficient (Wildman–Crippen LogP) is 1.87. The molecule has 0 unspecified atom stereocenters. The summed E-state index contributed by atoms with van der Waals surface area (Å²) in [6, 6.07) is 7.40. The monoisotopic (exact) mass is 262 g/mol. The van der Waals surface area contributed by atoms with E-state index in [-0.39, 0.29) is 23.6 Å². The van der Waals surface area contributed by atoms with E-state index < -0.39 is 0 Å². The second-order valence-electron chi connectivity index (χ2n) is 5.43. The normalized spacial score (nSPS) is 23.1. The number of carbonyl (C=O) groups is 1. The van der Waals surface area contributed by atoms with Gasteiger partial charge in [0.25, 0.3) is 0 Å². The van der Waals surface area contributed by atoms with Gasteiger partial charge in [-0.1, -0.05) is 18.2 Å². The Morgan fingerprint density at radius 1 is 1.32 bits per heavy atom. The number of phenols is 1. The number of carbonyl (C=O) groups excluding carboxylic acids is 1. The van der Waals surface area contributed by atoms with Crippen LogP contribution in [0.3, 0.4) is 0 Å². The summed E-state index contributed by atoms with van der Waals surface area (Å²) in [5.41, 5.74) is 6.64. The van der Waals surface area contributed by atoms with Crippen molar-refractivity contribution in [3.63, 3.8) is 0 Å². The van der Waals surface area contributed by atoms with Crippen LogP contribution >= 0.6 is 0 Å². The summed E-state index contributed by atoms with van der Waals surface area (Å²) in [4.78, 5) is 14.0. The molecule has 1 fully saturated rings. The lowest BCUT2D eigenvalue weighted by Crippen LogP contribution is -2.37. The zero-order valence-corrected chi connectivity index (χ0v) is 11.4. The Hall–Kier alpha value is -1.55. The van der Waals surface area contributed by atoms with Crippen LogP contribution in [0.2, 0.25) is 0 Å². The zero-order chi connectivity index (χ0) is 13.8. The number of phenolic OH excluding ortho intramolecular Hbond substituents is 1. The first-order valence-corrected chi connectivity index (χ1v) is 6.85. The van der Waals surface area contributed by atoms with Crippen LogP contribution in [0.5, 0.6) is 5.75 Å². The highest BCUT2D eigenvalue weighted by molar-refractivity contribution is 5.78. The number of aromatic hydroxyl groups is 1. The summed E-state index contributed by atoms with van der Waals surface area (Å²) in [6.45, 7) is 0.452. The Balaban J connectivity index is 1.94. The summed E-state index contributed by atoms with van der Waals surface area (Å²) in [5.74, 6) is 0.499. The van der Waals surface area contributed by atoms with Crippen molar-refractivity contribution in [1.82, 2.24) is 4.90 Å². The molecule has 19 heavy (non-hydrogen) atoms. The number of amides is 1. The molecular weight excluding hydrogens is 240 g/mol. The first-order chi connectivity index (χ1) is 9.08. The largest absolute Gasteiger partial charge is 0.508 e. The number of para-hydroxylation sites is 1. The van der Waals surface area contributed by atoms with Crippen LogP contribution in [0.1, 0.15) is 31.2 Å². The van der Waals surface area contributed by atoms with E-state index in [0.29, 0.717) is 6.54 Å². The molecule has 2 rings (SSSR count). The highest BCUT2D eigenvalue weighted by Crippen LogP contribution is 2.26. The van der Waals surface area contributed by atoms with E-state index >= 15 is 0 Å². The smallest absolute Gasteiger partial charge is 0.225 e. The van der Waals surface area contributed by atoms with Crippen LogP contribution in [0.25, 0.3) is 0 Å². The third kappa shape index (κ3) is 3.47. The van der Waals surface area contributed by atoms with E-state index in [9.17, 15) is 9.90 Å². The lowest BCUT2D eigenvalue weighted by atomic mass is 9.85. The number of hydrogen-bond donors (Lipinski definition) is 2. The van der Waals surface area contributed by atoms with Crippen LogP contribution in [0.15, 0.2) is 24.3 Å². The first-order valence-electron chi connectivity index (χ1n) is 6.85. The van der Waals surface area contributed by atoms with E-state index in [2.05, 4.69) is 0 Å². The van der Waals surface area contributed by atoms with Crippen LogP contribution in [0, 0.1) is 5.92 Å². The highest BCUT2D eigenvalue weighted by Gasteiger charge is 2.26. The van der Waals surface area contributed by atoms with Crippen LogP contribution < -0.4 is 5.73 Å². The van der Waals surface area contributed by atoms with Gasteiger partial charge < -0.3 is 15.7 Å². The molecular formula is C15H22N2O2. The fourth-order valence-corrected chi connectivity index (χ4v) is 2.66. The molecule has 0 heterocycles. The van der Waals surface area contributed by atoms with Crippen molar-refractivity contribution in [2.24, 2.45) is 11.7 Å². The van der Waals surface area contributed by atoms with Crippen molar-refractivity contribution in [2.45, 2.75) is 38.3 Å². The summed E-state index contributed by atoms with van der Waals surface area (Å²) >= 11 is 0. The van der Waals surface area contributed by atoms with Gasteiger partial charge >= 0.3 is 0 Å². The van der Waals surface area contributed by atoms with Crippen LogP contribution in [0.4, 0.5) is 0 Å². The summed E-state index contributed by atoms with van der Waals surface area (Å²) in [7, 11) is 1.79. The van der Waals surface area contributed by atoms with Gasteiger partial charge in [-0.15, -0.1) is 0 Å². The lowest BCUT2D eigenvalue weighted by Gasteiger charge is -2.29. The van der Waals surface area contributed by atoms with E-state index in [1.54, 1.807) is 24.1 Å². The lowest BCUT2D eigenvalue weighted by molar-refractivity contribution is -0.135. The molecule has 0 spiro atoms. The van der Waals surface area contributed by atoms with Gasteiger partial charge in [-0.05, 0) is 31.7 Å². The Bertz CT molecular complexity index is 440. The molecule has 1 aliphatic carbocycles. The maximum atomic E-state index is 12.3. The topological polar surface area (TPSA) is 66.6 Å². The van der Waals surface area contributed by atoms with Crippen LogP contribution in [-0.2, 0) is 11.3 Å². The van der Waals surface area contributed by atoms with Gasteiger partial charge in [0.05, 0.1) is 0 Å². The minimum absolute atomic E-state index is 0.0932. The van der Waals surface area contributed by atoms with E-state index in [1.807, 2.05) is 12.1 Å². The molecule has 0 saturated heterocycles. The van der Waals surface area contributed by atoms with Crippen molar-refractivity contribution >= 4 is 5.91 Å². The minimum atomic E-state index is 0.0932. The SMILES string of the molecule is CN(Cc1ccccc1O)C(=O)C1CCC(N)CC1. The van der Waals surface area contributed by atoms with E-state index in [4.69, 9.17) is 5.73 Å². The molecule has 1 saturated carbocycles. The van der Waals surface area contributed by atoms with Gasteiger partial charge in [-0.25, -0.2) is 0 Å². The van der Waals surface area contributed by atoms with Gasteiger partial charge in [-0.3, -0.25) is 4.79 Å². The number of hydrogen-bond acceptors (Lipinski definition) is 3.